The average Bonchev–Trinajstić information content (AvgIpc) is 2.73. The van der Waals surface area contributed by atoms with E-state index in [4.69, 9.17) is 29.3 Å². The summed E-state index contributed by atoms with van der Waals surface area (Å²) in [7, 11) is -2.31. The summed E-state index contributed by atoms with van der Waals surface area (Å²) in [5.74, 6) is -3.65. The van der Waals surface area contributed by atoms with Crippen LogP contribution in [0.4, 0.5) is 5.69 Å². The van der Waals surface area contributed by atoms with Crippen molar-refractivity contribution in [3.05, 3.63) is 18.2 Å². The van der Waals surface area contributed by atoms with Crippen molar-refractivity contribution < 1.29 is 42.5 Å². The number of nitrogens with one attached hydrogen (secondary N) is 2. The van der Waals surface area contributed by atoms with Crippen molar-refractivity contribution >= 4 is 33.6 Å². The van der Waals surface area contributed by atoms with Crippen molar-refractivity contribution in [2.45, 2.75) is 24.8 Å². The molecule has 0 atom stereocenters. The number of methoxy groups -OCH3 is 1. The number of morpholine rings is 1. The van der Waals surface area contributed by atoms with Crippen molar-refractivity contribution in [1.82, 2.24) is 9.62 Å². The van der Waals surface area contributed by atoms with Crippen molar-refractivity contribution in [2.24, 2.45) is 0 Å². The van der Waals surface area contributed by atoms with E-state index in [2.05, 4.69) is 10.6 Å². The summed E-state index contributed by atoms with van der Waals surface area (Å²) in [5.41, 5.74) is 0.406. The fourth-order valence-electron chi connectivity index (χ4n) is 2.38. The Hall–Kier alpha value is -2.74. The number of carbonyl (C=O) groups is 3. The molecule has 13 heteroatoms. The number of carbonyl (C=O) groups excluding carboxylic acids is 1. The lowest BCUT2D eigenvalue weighted by Crippen LogP contribution is -2.40. The molecule has 1 saturated heterocycles. The standard InChI is InChI=1S/C16H25N3O5S.C2H2O4/c1-12(2)17-11-16(20)18-13-4-5-14(23-3)15(10-13)25(21,22)19-6-8-24-9-7-19;3-1(4)2(5)6/h4-5,10,12,17H,6-9,11H2,1-3H3,(H,18,20);(H,3,4)(H,5,6). The number of carboxylic acid groups (broad SMARTS) is 2. The van der Waals surface area contributed by atoms with E-state index in [0.717, 1.165) is 0 Å². The molecule has 1 aromatic rings. The maximum Gasteiger partial charge on any atom is 0.414 e. The molecule has 2 rings (SSSR count). The number of anilines is 1. The first-order valence-corrected chi connectivity index (χ1v) is 10.7. The van der Waals surface area contributed by atoms with Gasteiger partial charge in [0.15, 0.2) is 0 Å². The van der Waals surface area contributed by atoms with Crippen LogP contribution in [0.2, 0.25) is 0 Å². The molecule has 1 aliphatic heterocycles. The lowest BCUT2D eigenvalue weighted by molar-refractivity contribution is -0.159. The second-order valence-electron chi connectivity index (χ2n) is 6.58. The summed E-state index contributed by atoms with van der Waals surface area (Å²) in [6, 6.07) is 4.76. The SMILES string of the molecule is COc1ccc(NC(=O)CNC(C)C)cc1S(=O)(=O)N1CCOCC1.O=C(O)C(=O)O. The van der Waals surface area contributed by atoms with Gasteiger partial charge >= 0.3 is 11.9 Å². The number of rotatable bonds is 7. The number of nitrogens with zero attached hydrogens (tertiary/aromatic N) is 1. The maximum atomic E-state index is 12.9. The Morgan fingerprint density at radius 2 is 1.74 bits per heavy atom. The molecule has 1 fully saturated rings. The molecule has 0 unspecified atom stereocenters. The zero-order valence-corrected chi connectivity index (χ0v) is 18.3. The second kappa shape index (κ2) is 12.2. The van der Waals surface area contributed by atoms with E-state index in [-0.39, 0.29) is 29.1 Å². The van der Waals surface area contributed by atoms with Gasteiger partial charge in [0.25, 0.3) is 0 Å². The van der Waals surface area contributed by atoms with Gasteiger partial charge in [-0.3, -0.25) is 4.79 Å². The number of aliphatic carboxylic acids is 2. The van der Waals surface area contributed by atoms with Crippen LogP contribution in [-0.4, -0.2) is 86.8 Å². The van der Waals surface area contributed by atoms with E-state index in [1.54, 1.807) is 12.1 Å². The van der Waals surface area contributed by atoms with Gasteiger partial charge in [0.1, 0.15) is 10.6 Å². The number of ether oxygens (including phenoxy) is 2. The van der Waals surface area contributed by atoms with Crippen LogP contribution in [0, 0.1) is 0 Å². The molecular weight excluding hydrogens is 434 g/mol. The Kier molecular flexibility index (Phi) is 10.3. The van der Waals surface area contributed by atoms with Gasteiger partial charge in [0.05, 0.1) is 26.9 Å². The summed E-state index contributed by atoms with van der Waals surface area (Å²) in [4.78, 5) is 30.2. The van der Waals surface area contributed by atoms with E-state index in [9.17, 15) is 13.2 Å². The second-order valence-corrected chi connectivity index (χ2v) is 8.48. The van der Waals surface area contributed by atoms with E-state index in [0.29, 0.717) is 32.0 Å². The van der Waals surface area contributed by atoms with Crippen molar-refractivity contribution in [3.63, 3.8) is 0 Å². The first-order chi connectivity index (χ1) is 14.5. The average molecular weight is 461 g/mol. The number of sulfonamides is 1. The molecular formula is C18H27N3O9S. The van der Waals surface area contributed by atoms with Crippen LogP contribution in [0.15, 0.2) is 23.1 Å². The number of hydrogen-bond acceptors (Lipinski definition) is 8. The molecule has 0 saturated carbocycles. The molecule has 1 aliphatic rings. The zero-order chi connectivity index (χ0) is 23.6. The van der Waals surface area contributed by atoms with Crippen molar-refractivity contribution in [2.75, 3.05) is 45.3 Å². The third-order valence-corrected chi connectivity index (χ3v) is 5.81. The van der Waals surface area contributed by atoms with Crippen LogP contribution in [0.3, 0.4) is 0 Å². The van der Waals surface area contributed by atoms with Gasteiger partial charge < -0.3 is 30.3 Å². The molecule has 0 aromatic heterocycles. The molecule has 0 aliphatic carbocycles. The smallest absolute Gasteiger partial charge is 0.414 e. The minimum absolute atomic E-state index is 0.0338. The number of hydrogen-bond donors (Lipinski definition) is 4. The third kappa shape index (κ3) is 8.49. The highest BCUT2D eigenvalue weighted by atomic mass is 32.2. The highest BCUT2D eigenvalue weighted by Crippen LogP contribution is 2.30. The molecule has 31 heavy (non-hydrogen) atoms. The molecule has 12 nitrogen and oxygen atoms in total. The van der Waals surface area contributed by atoms with Gasteiger partial charge in [-0.25, -0.2) is 18.0 Å². The molecule has 1 aromatic carbocycles. The van der Waals surface area contributed by atoms with Crippen LogP contribution in [0.1, 0.15) is 13.8 Å². The summed E-state index contributed by atoms with van der Waals surface area (Å²) < 4.78 is 37.5. The first-order valence-electron chi connectivity index (χ1n) is 9.24. The van der Waals surface area contributed by atoms with Crippen molar-refractivity contribution in [1.29, 1.82) is 0 Å². The fraction of sp³-hybridized carbons (Fsp3) is 0.500. The zero-order valence-electron chi connectivity index (χ0n) is 17.5. The van der Waals surface area contributed by atoms with Crippen molar-refractivity contribution in [3.8, 4) is 5.75 Å². The summed E-state index contributed by atoms with van der Waals surface area (Å²) in [6.45, 7) is 5.33. The monoisotopic (exact) mass is 461 g/mol. The molecule has 1 amide bonds. The lowest BCUT2D eigenvalue weighted by Gasteiger charge is -2.26. The lowest BCUT2D eigenvalue weighted by atomic mass is 10.3. The van der Waals surface area contributed by atoms with Gasteiger partial charge in [-0.1, -0.05) is 13.8 Å². The van der Waals surface area contributed by atoms with Crippen LogP contribution < -0.4 is 15.4 Å². The highest BCUT2D eigenvalue weighted by molar-refractivity contribution is 7.89. The van der Waals surface area contributed by atoms with Gasteiger partial charge in [0.2, 0.25) is 15.9 Å². The normalized spacial score (nSPS) is 14.3. The molecule has 174 valence electrons. The van der Waals surface area contributed by atoms with Crippen LogP contribution in [0.25, 0.3) is 0 Å². The topological polar surface area (TPSA) is 172 Å². The van der Waals surface area contributed by atoms with Gasteiger partial charge in [0, 0.05) is 24.8 Å². The van der Waals surface area contributed by atoms with E-state index in [1.165, 1.54) is 17.5 Å². The Morgan fingerprint density at radius 1 is 1.16 bits per heavy atom. The van der Waals surface area contributed by atoms with Crippen LogP contribution in [0.5, 0.6) is 5.75 Å². The molecule has 1 heterocycles. The number of amides is 1. The summed E-state index contributed by atoms with van der Waals surface area (Å²) >= 11 is 0. The predicted molar refractivity (Wildman–Crippen MR) is 110 cm³/mol. The minimum Gasteiger partial charge on any atom is -0.495 e. The van der Waals surface area contributed by atoms with Gasteiger partial charge in [-0.15, -0.1) is 0 Å². The van der Waals surface area contributed by atoms with E-state index in [1.807, 2.05) is 13.8 Å². The molecule has 0 bridgehead atoms. The Bertz CT molecular complexity index is 869. The van der Waals surface area contributed by atoms with Gasteiger partial charge in [-0.2, -0.15) is 4.31 Å². The summed E-state index contributed by atoms with van der Waals surface area (Å²) in [5, 5.41) is 20.5. The van der Waals surface area contributed by atoms with E-state index < -0.39 is 22.0 Å². The third-order valence-electron chi connectivity index (χ3n) is 3.89. The van der Waals surface area contributed by atoms with Crippen LogP contribution >= 0.6 is 0 Å². The predicted octanol–water partition coefficient (Wildman–Crippen LogP) is -0.192. The molecule has 4 N–H and O–H groups in total. The molecule has 0 radical (unpaired) electrons. The fourth-order valence-corrected chi connectivity index (χ4v) is 3.97. The highest BCUT2D eigenvalue weighted by Gasteiger charge is 2.29. The van der Waals surface area contributed by atoms with Crippen LogP contribution in [-0.2, 0) is 29.1 Å². The Labute approximate surface area is 180 Å². The Balaban J connectivity index is 0.000000703. The quantitative estimate of drug-likeness (QED) is 0.399. The maximum absolute atomic E-state index is 12.9. The summed E-state index contributed by atoms with van der Waals surface area (Å²) in [6.07, 6.45) is 0. The minimum atomic E-state index is -3.73. The first kappa shape index (κ1) is 26.3. The molecule has 0 spiro atoms. The van der Waals surface area contributed by atoms with Gasteiger partial charge in [-0.05, 0) is 18.2 Å². The van der Waals surface area contributed by atoms with E-state index >= 15 is 0 Å². The number of carboxylic acids is 2. The Morgan fingerprint density at radius 3 is 2.23 bits per heavy atom. The number of benzene rings is 1. The largest absolute Gasteiger partial charge is 0.495 e.